The fourth-order valence-corrected chi connectivity index (χ4v) is 18.5. The van der Waals surface area contributed by atoms with Crippen LogP contribution < -0.4 is 5.32 Å². The van der Waals surface area contributed by atoms with Gasteiger partial charge in [0.1, 0.15) is 18.1 Å². The molecule has 18 nitrogen and oxygen atoms in total. The number of nitrogens with zero attached hydrogens (tertiary/aromatic N) is 5. The van der Waals surface area contributed by atoms with Gasteiger partial charge in [-0.2, -0.15) is 11.8 Å². The molecule has 1 saturated carbocycles. The fourth-order valence-electron chi connectivity index (χ4n) is 16.8. The van der Waals surface area contributed by atoms with Crippen LogP contribution in [-0.2, 0) is 57.4 Å². The van der Waals surface area contributed by atoms with Crippen molar-refractivity contribution in [2.75, 3.05) is 58.2 Å². The summed E-state index contributed by atoms with van der Waals surface area (Å²) >= 11 is 1.88. The number of ether oxygens (including phenoxy) is 2. The van der Waals surface area contributed by atoms with Gasteiger partial charge in [-0.1, -0.05) is 221 Å². The maximum Gasteiger partial charge on any atom is 0.228 e. The smallest absolute Gasteiger partial charge is 0.228 e. The third kappa shape index (κ3) is 20.0. The number of thioether (sulfide) groups is 1. The molecule has 1 N–H and O–H groups in total. The number of hydrogen-bond donors (Lipinski definition) is 1. The molecule has 1 aliphatic carbocycles. The van der Waals surface area contributed by atoms with Gasteiger partial charge in [0.05, 0.1) is 24.3 Å². The molecular formula is C83H142N6O12S. The van der Waals surface area contributed by atoms with E-state index in [1.807, 2.05) is 234 Å². The van der Waals surface area contributed by atoms with Gasteiger partial charge in [-0.05, 0) is 80.9 Å². The third-order valence-corrected chi connectivity index (χ3v) is 24.0. The van der Waals surface area contributed by atoms with E-state index in [0.717, 1.165) is 77.1 Å². The molecule has 19 heteroatoms. The van der Waals surface area contributed by atoms with E-state index in [-0.39, 0.29) is 118 Å². The van der Waals surface area contributed by atoms with E-state index in [9.17, 15) is 47.9 Å². The average molecular weight is 1450 g/mol. The highest BCUT2D eigenvalue weighted by Gasteiger charge is 2.58. The monoisotopic (exact) mass is 1450 g/mol. The summed E-state index contributed by atoms with van der Waals surface area (Å²) in [5.74, 6) is 4.84. The van der Waals surface area contributed by atoms with Gasteiger partial charge >= 0.3 is 0 Å². The number of amides is 5. The molecule has 9 saturated heterocycles. The zero-order chi connectivity index (χ0) is 77.9. The number of Topliss-reactive ketones (excluding diaryl/α,β-unsaturated/α-hetero) is 5. The normalized spacial score (nSPS) is 30.4. The van der Waals surface area contributed by atoms with E-state index >= 15 is 0 Å². The van der Waals surface area contributed by atoms with E-state index in [4.69, 9.17) is 9.47 Å². The Hall–Kier alpha value is -4.07. The van der Waals surface area contributed by atoms with Gasteiger partial charge in [0.2, 0.25) is 29.5 Å². The van der Waals surface area contributed by atoms with Gasteiger partial charge in [-0.25, -0.2) is 0 Å². The maximum atomic E-state index is 13.0. The topological polar surface area (TPSA) is 217 Å². The molecule has 102 heavy (non-hydrogen) atoms. The molecular weight excluding hydrogens is 1310 g/mol. The van der Waals surface area contributed by atoms with Crippen LogP contribution in [0.15, 0.2) is 0 Å². The second-order valence-corrected chi connectivity index (χ2v) is 43.3. The number of carbonyl (C=O) groups is 10. The second-order valence-electron chi connectivity index (χ2n) is 42.1. The molecule has 0 aromatic rings. The van der Waals surface area contributed by atoms with Crippen molar-refractivity contribution in [3.8, 4) is 0 Å². The zero-order valence-corrected chi connectivity index (χ0v) is 70.2. The molecule has 9 heterocycles. The van der Waals surface area contributed by atoms with Crippen LogP contribution in [0.4, 0.5) is 0 Å². The van der Waals surface area contributed by atoms with Crippen molar-refractivity contribution in [2.45, 2.75) is 319 Å². The molecule has 10 fully saturated rings. The molecule has 10 aliphatic rings. The molecule has 10 rings (SSSR count). The summed E-state index contributed by atoms with van der Waals surface area (Å²) in [6, 6.07) is -1.29. The molecule has 0 aromatic carbocycles. The minimum absolute atomic E-state index is 0.0290. The fraction of sp³-hybridized carbons (Fsp3) is 0.880. The second kappa shape index (κ2) is 31.6. The Kier molecular flexibility index (Phi) is 26.9. The van der Waals surface area contributed by atoms with Crippen molar-refractivity contribution in [2.24, 2.45) is 89.7 Å². The van der Waals surface area contributed by atoms with Gasteiger partial charge in [0.15, 0.2) is 28.9 Å². The summed E-state index contributed by atoms with van der Waals surface area (Å²) < 4.78 is 11.6. The first kappa shape index (κ1) is 86.8. The van der Waals surface area contributed by atoms with Crippen LogP contribution in [0.3, 0.4) is 0 Å². The Morgan fingerprint density at radius 2 is 0.667 bits per heavy atom. The number of rotatable bonds is 5. The molecule has 0 bridgehead atoms. The zero-order valence-electron chi connectivity index (χ0n) is 69.4. The highest BCUT2D eigenvalue weighted by Crippen LogP contribution is 2.48. The van der Waals surface area contributed by atoms with Gasteiger partial charge in [-0.3, -0.25) is 47.9 Å². The Bertz CT molecular complexity index is 2780. The van der Waals surface area contributed by atoms with Crippen LogP contribution in [0, 0.1) is 89.7 Å². The predicted octanol–water partition coefficient (Wildman–Crippen LogP) is 13.4. The van der Waals surface area contributed by atoms with Crippen LogP contribution in [0.1, 0.15) is 265 Å². The van der Waals surface area contributed by atoms with Crippen molar-refractivity contribution in [3.05, 3.63) is 0 Å². The van der Waals surface area contributed by atoms with Crippen molar-refractivity contribution >= 4 is 70.2 Å². The number of hydrogen-bond acceptors (Lipinski definition) is 14. The highest BCUT2D eigenvalue weighted by molar-refractivity contribution is 8.00. The molecule has 15 unspecified atom stereocenters. The number of likely N-dealkylation sites (tertiary alicyclic amines) is 5. The lowest BCUT2D eigenvalue weighted by atomic mass is 9.73. The van der Waals surface area contributed by atoms with Gasteiger partial charge in [-0.15, -0.1) is 0 Å². The van der Waals surface area contributed by atoms with E-state index < -0.39 is 49.4 Å². The summed E-state index contributed by atoms with van der Waals surface area (Å²) in [6.07, 6.45) is 9.75. The molecule has 582 valence electrons. The lowest BCUT2D eigenvalue weighted by Crippen LogP contribution is -2.54. The first-order valence-corrected chi connectivity index (χ1v) is 40.1. The largest absolute Gasteiger partial charge is 0.376 e. The lowest BCUT2D eigenvalue weighted by molar-refractivity contribution is -0.149. The third-order valence-electron chi connectivity index (χ3n) is 22.5. The molecule has 0 aromatic heterocycles. The predicted molar refractivity (Wildman–Crippen MR) is 407 cm³/mol. The molecule has 0 spiro atoms. The van der Waals surface area contributed by atoms with Crippen LogP contribution in [-0.4, -0.2) is 195 Å². The van der Waals surface area contributed by atoms with Gasteiger partial charge < -0.3 is 39.3 Å². The first-order valence-electron chi connectivity index (χ1n) is 39.0. The number of carbonyl (C=O) groups excluding carboxylic acids is 10. The summed E-state index contributed by atoms with van der Waals surface area (Å²) in [4.78, 5) is 137. The number of nitrogens with one attached hydrogen (secondary N) is 1. The summed E-state index contributed by atoms with van der Waals surface area (Å²) in [5, 5.41) is 3.76. The van der Waals surface area contributed by atoms with Gasteiger partial charge in [0, 0.05) is 123 Å². The molecule has 9 aliphatic heterocycles. The quantitative estimate of drug-likeness (QED) is 0.271. The van der Waals surface area contributed by atoms with E-state index in [2.05, 4.69) is 5.32 Å². The van der Waals surface area contributed by atoms with Crippen LogP contribution in [0.25, 0.3) is 0 Å². The molecule has 5 amide bonds. The SMILES string of the molecule is CC(C)(C)C(=O)C1C2CCCCC2CN1C(=O)C(C)(C)C.CC(C)(C)C(=O)C1C2CCCOC2CN1C(=O)C(C)(C)C.CC(C)(C)C(=O)C1C2NCCC2CN1C(=O)C(C)(C)C.CC(C)(C)C(=O)C1C2OCCC2CN1C(=O)C(C)(C)C.CC(C)(C)C(=O)C1C2SCCC2CN1C(=O)C(C)(C)C. The van der Waals surface area contributed by atoms with E-state index in [0.29, 0.717) is 54.5 Å². The Morgan fingerprint density at radius 3 is 1.13 bits per heavy atom. The Balaban J connectivity index is 0.000000200. The van der Waals surface area contributed by atoms with Crippen molar-refractivity contribution in [1.82, 2.24) is 29.8 Å². The highest BCUT2D eigenvalue weighted by atomic mass is 32.2. The van der Waals surface area contributed by atoms with Crippen molar-refractivity contribution < 1.29 is 57.4 Å². The number of fused-ring (bicyclic) bond motifs is 5. The minimum Gasteiger partial charge on any atom is -0.376 e. The Morgan fingerprint density at radius 1 is 0.314 bits per heavy atom. The standard InChI is InChI=1S/C18H31NO2.C17H29NO3.C16H28N2O2.C16H27NO3.C16H27NO2S/c1-17(2,3)15(20)14-13-10-8-7-9-12(13)11-19(14)16(21)18(4,5)6;1-16(2,3)14(19)13-11-8-7-9-21-12(11)10-18(13)15(20)17(4,5)6;1-15(2,3)13(19)12-11-10(7-8-17-11)9-18(12)14(20)16(4,5)6;2*1-15(2,3)13(18)11-12-10(7-8-20-12)9-17(11)14(19)16(4,5)6/h12-14H,7-11H2,1-6H3;11-13H,7-10H2,1-6H3;10-12,17H,7-9H2,1-6H3;2*10-12H,7-9H2,1-6H3. The average Bonchev–Trinajstić information content (AvgIpc) is 1.64. The Labute approximate surface area is 621 Å². The number of ketones is 5. The van der Waals surface area contributed by atoms with Crippen LogP contribution >= 0.6 is 11.8 Å². The van der Waals surface area contributed by atoms with Crippen molar-refractivity contribution in [1.29, 1.82) is 0 Å². The van der Waals surface area contributed by atoms with E-state index in [1.54, 1.807) is 9.80 Å². The van der Waals surface area contributed by atoms with Gasteiger partial charge in [0.25, 0.3) is 0 Å². The van der Waals surface area contributed by atoms with E-state index in [1.165, 1.54) is 19.3 Å². The van der Waals surface area contributed by atoms with Crippen LogP contribution in [0.5, 0.6) is 0 Å². The molecule has 0 radical (unpaired) electrons. The maximum absolute atomic E-state index is 13.0. The first-order chi connectivity index (χ1) is 46.2. The summed E-state index contributed by atoms with van der Waals surface area (Å²) in [6.45, 7) is 64.0. The van der Waals surface area contributed by atoms with Crippen molar-refractivity contribution in [3.63, 3.8) is 0 Å². The van der Waals surface area contributed by atoms with Crippen LogP contribution in [0.2, 0.25) is 0 Å². The lowest BCUT2D eigenvalue weighted by Gasteiger charge is -2.36. The minimum atomic E-state index is -0.468. The summed E-state index contributed by atoms with van der Waals surface area (Å²) in [5.41, 5.74) is -4.28. The summed E-state index contributed by atoms with van der Waals surface area (Å²) in [7, 11) is 0. The molecule has 15 atom stereocenters.